The second kappa shape index (κ2) is 7.08. The fraction of sp³-hybridized carbons (Fsp3) is 1.00. The zero-order chi connectivity index (χ0) is 14.6. The molecule has 1 heterocycles. The predicted molar refractivity (Wildman–Crippen MR) is 85.5 cm³/mol. The SMILES string of the molecule is CCC(C)CN1CC(C(C)CC)NCC1C(C)(C)C. The van der Waals surface area contributed by atoms with Crippen molar-refractivity contribution in [3.8, 4) is 0 Å². The van der Waals surface area contributed by atoms with Gasteiger partial charge in [-0.25, -0.2) is 0 Å². The smallest absolute Gasteiger partial charge is 0.0269 e. The van der Waals surface area contributed by atoms with E-state index in [2.05, 4.69) is 58.7 Å². The molecule has 0 saturated carbocycles. The molecule has 1 aliphatic rings. The number of nitrogens with one attached hydrogen (secondary N) is 1. The summed E-state index contributed by atoms with van der Waals surface area (Å²) in [5.74, 6) is 1.58. The number of hydrogen-bond donors (Lipinski definition) is 1. The average Bonchev–Trinajstić information content (AvgIpc) is 2.36. The van der Waals surface area contributed by atoms with Crippen molar-refractivity contribution in [2.45, 2.75) is 73.4 Å². The zero-order valence-corrected chi connectivity index (χ0v) is 14.3. The monoisotopic (exact) mass is 268 g/mol. The topological polar surface area (TPSA) is 15.3 Å². The molecule has 2 heteroatoms. The van der Waals surface area contributed by atoms with Gasteiger partial charge in [0.2, 0.25) is 0 Å². The lowest BCUT2D eigenvalue weighted by Gasteiger charge is -2.48. The second-order valence-corrected chi connectivity index (χ2v) is 7.75. The first-order valence-corrected chi connectivity index (χ1v) is 8.27. The molecule has 1 fully saturated rings. The van der Waals surface area contributed by atoms with Gasteiger partial charge in [0.15, 0.2) is 0 Å². The van der Waals surface area contributed by atoms with Gasteiger partial charge in [-0.1, -0.05) is 61.3 Å². The Kier molecular flexibility index (Phi) is 6.32. The minimum absolute atomic E-state index is 0.362. The molecule has 1 saturated heterocycles. The van der Waals surface area contributed by atoms with Gasteiger partial charge >= 0.3 is 0 Å². The molecule has 2 nitrogen and oxygen atoms in total. The van der Waals surface area contributed by atoms with Crippen molar-refractivity contribution in [1.29, 1.82) is 0 Å². The summed E-state index contributed by atoms with van der Waals surface area (Å²) >= 11 is 0. The van der Waals surface area contributed by atoms with Crippen LogP contribution in [0.25, 0.3) is 0 Å². The van der Waals surface area contributed by atoms with E-state index in [1.807, 2.05) is 0 Å². The molecule has 0 spiro atoms. The van der Waals surface area contributed by atoms with Crippen molar-refractivity contribution < 1.29 is 0 Å². The van der Waals surface area contributed by atoms with Crippen LogP contribution in [-0.4, -0.2) is 36.6 Å². The van der Waals surface area contributed by atoms with E-state index >= 15 is 0 Å². The van der Waals surface area contributed by atoms with Crippen molar-refractivity contribution in [2.24, 2.45) is 17.3 Å². The first-order chi connectivity index (χ1) is 8.79. The van der Waals surface area contributed by atoms with Crippen LogP contribution >= 0.6 is 0 Å². The number of piperazine rings is 1. The van der Waals surface area contributed by atoms with E-state index in [4.69, 9.17) is 0 Å². The summed E-state index contributed by atoms with van der Waals surface area (Å²) in [6, 6.07) is 1.34. The summed E-state index contributed by atoms with van der Waals surface area (Å²) in [6.45, 7) is 20.2. The van der Waals surface area contributed by atoms with E-state index in [0.717, 1.165) is 18.4 Å². The molecule has 1 aliphatic heterocycles. The molecule has 0 aliphatic carbocycles. The largest absolute Gasteiger partial charge is 0.311 e. The van der Waals surface area contributed by atoms with Crippen LogP contribution in [0.15, 0.2) is 0 Å². The third kappa shape index (κ3) is 4.75. The van der Waals surface area contributed by atoms with E-state index < -0.39 is 0 Å². The van der Waals surface area contributed by atoms with Gasteiger partial charge in [-0.15, -0.1) is 0 Å². The Hall–Kier alpha value is -0.0800. The Labute approximate surface area is 121 Å². The van der Waals surface area contributed by atoms with Gasteiger partial charge in [0.25, 0.3) is 0 Å². The number of hydrogen-bond acceptors (Lipinski definition) is 2. The Balaban J connectivity index is 2.74. The first-order valence-electron chi connectivity index (χ1n) is 8.27. The van der Waals surface area contributed by atoms with Gasteiger partial charge in [0.1, 0.15) is 0 Å². The van der Waals surface area contributed by atoms with Gasteiger partial charge < -0.3 is 5.32 Å². The van der Waals surface area contributed by atoms with Crippen LogP contribution in [-0.2, 0) is 0 Å². The van der Waals surface area contributed by atoms with Gasteiger partial charge in [-0.05, 0) is 17.3 Å². The fourth-order valence-corrected chi connectivity index (χ4v) is 3.09. The van der Waals surface area contributed by atoms with E-state index in [-0.39, 0.29) is 0 Å². The maximum absolute atomic E-state index is 3.81. The molecule has 1 rings (SSSR count). The molecule has 0 radical (unpaired) electrons. The second-order valence-electron chi connectivity index (χ2n) is 7.75. The van der Waals surface area contributed by atoms with E-state index in [9.17, 15) is 0 Å². The molecular weight excluding hydrogens is 232 g/mol. The maximum atomic E-state index is 3.81. The molecule has 0 bridgehead atoms. The Morgan fingerprint density at radius 1 is 1.16 bits per heavy atom. The van der Waals surface area contributed by atoms with Crippen molar-refractivity contribution in [2.75, 3.05) is 19.6 Å². The predicted octanol–water partition coefficient (Wildman–Crippen LogP) is 3.77. The Bertz CT molecular complexity index is 256. The highest BCUT2D eigenvalue weighted by atomic mass is 15.2. The highest BCUT2D eigenvalue weighted by Gasteiger charge is 2.36. The van der Waals surface area contributed by atoms with Gasteiger partial charge in [-0.2, -0.15) is 0 Å². The summed E-state index contributed by atoms with van der Waals surface area (Å²) in [5, 5.41) is 3.81. The fourth-order valence-electron chi connectivity index (χ4n) is 3.09. The molecule has 0 aromatic heterocycles. The molecule has 4 atom stereocenters. The lowest BCUT2D eigenvalue weighted by molar-refractivity contribution is 0.0335. The van der Waals surface area contributed by atoms with Crippen LogP contribution in [0.1, 0.15) is 61.3 Å². The van der Waals surface area contributed by atoms with Crippen molar-refractivity contribution in [1.82, 2.24) is 10.2 Å². The summed E-state index contributed by atoms with van der Waals surface area (Å²) in [4.78, 5) is 2.77. The van der Waals surface area contributed by atoms with Crippen molar-refractivity contribution in [3.63, 3.8) is 0 Å². The van der Waals surface area contributed by atoms with Crippen LogP contribution in [0.4, 0.5) is 0 Å². The normalized spacial score (nSPS) is 29.2. The van der Waals surface area contributed by atoms with Crippen LogP contribution in [0.5, 0.6) is 0 Å². The zero-order valence-electron chi connectivity index (χ0n) is 14.3. The van der Waals surface area contributed by atoms with Crippen LogP contribution in [0.3, 0.4) is 0 Å². The third-order valence-electron chi connectivity index (χ3n) is 5.02. The summed E-state index contributed by atoms with van der Waals surface area (Å²) in [5.41, 5.74) is 0.362. The minimum Gasteiger partial charge on any atom is -0.311 e. The Morgan fingerprint density at radius 3 is 2.26 bits per heavy atom. The molecule has 0 aromatic rings. The third-order valence-corrected chi connectivity index (χ3v) is 5.02. The van der Waals surface area contributed by atoms with Gasteiger partial charge in [0, 0.05) is 31.7 Å². The lowest BCUT2D eigenvalue weighted by Crippen LogP contribution is -2.62. The molecular formula is C17H36N2. The van der Waals surface area contributed by atoms with E-state index in [0.29, 0.717) is 17.5 Å². The highest BCUT2D eigenvalue weighted by molar-refractivity contribution is 4.94. The van der Waals surface area contributed by atoms with Crippen LogP contribution < -0.4 is 5.32 Å². The molecule has 1 N–H and O–H groups in total. The molecule has 0 amide bonds. The van der Waals surface area contributed by atoms with Crippen LogP contribution in [0.2, 0.25) is 0 Å². The number of rotatable bonds is 5. The summed E-state index contributed by atoms with van der Waals surface area (Å²) in [7, 11) is 0. The lowest BCUT2D eigenvalue weighted by atomic mass is 9.82. The van der Waals surface area contributed by atoms with Gasteiger partial charge in [-0.3, -0.25) is 4.90 Å². The van der Waals surface area contributed by atoms with Crippen LogP contribution in [0, 0.1) is 17.3 Å². The van der Waals surface area contributed by atoms with E-state index in [1.54, 1.807) is 0 Å². The first kappa shape index (κ1) is 17.0. The molecule has 19 heavy (non-hydrogen) atoms. The van der Waals surface area contributed by atoms with E-state index in [1.165, 1.54) is 25.9 Å². The van der Waals surface area contributed by atoms with Crippen molar-refractivity contribution >= 4 is 0 Å². The van der Waals surface area contributed by atoms with Gasteiger partial charge in [0.05, 0.1) is 0 Å². The molecule has 0 aromatic carbocycles. The molecule has 4 unspecified atom stereocenters. The minimum atomic E-state index is 0.362. The number of nitrogens with zero attached hydrogens (tertiary/aromatic N) is 1. The van der Waals surface area contributed by atoms with Crippen molar-refractivity contribution in [3.05, 3.63) is 0 Å². The average molecular weight is 268 g/mol. The summed E-state index contributed by atoms with van der Waals surface area (Å²) < 4.78 is 0. The summed E-state index contributed by atoms with van der Waals surface area (Å²) in [6.07, 6.45) is 2.56. The highest BCUT2D eigenvalue weighted by Crippen LogP contribution is 2.29. The quantitative estimate of drug-likeness (QED) is 0.816. The maximum Gasteiger partial charge on any atom is 0.0269 e. The standard InChI is InChI=1S/C17H36N2/c1-8-13(3)11-19-12-15(14(4)9-2)18-10-16(19)17(5,6)7/h13-16,18H,8-12H2,1-7H3. The molecule has 114 valence electrons. The Morgan fingerprint density at radius 2 is 1.79 bits per heavy atom.